The van der Waals surface area contributed by atoms with Gasteiger partial charge in [0.15, 0.2) is 0 Å². The highest BCUT2D eigenvalue weighted by Crippen LogP contribution is 2.46. The highest BCUT2D eigenvalue weighted by Gasteiger charge is 2.57. The summed E-state index contributed by atoms with van der Waals surface area (Å²) in [5, 5.41) is 12.0. The highest BCUT2D eigenvalue weighted by atomic mass is 19.1. The molecular weight excluding hydrogens is 273 g/mol. The molecule has 1 amide bonds. The van der Waals surface area contributed by atoms with Crippen molar-refractivity contribution in [2.75, 3.05) is 0 Å². The van der Waals surface area contributed by atoms with E-state index in [1.807, 2.05) is 0 Å². The second-order valence-electron chi connectivity index (χ2n) is 6.12. The van der Waals surface area contributed by atoms with E-state index < -0.39 is 11.4 Å². The van der Waals surface area contributed by atoms with Gasteiger partial charge in [-0.1, -0.05) is 12.1 Å². The van der Waals surface area contributed by atoms with Gasteiger partial charge in [-0.05, 0) is 55.7 Å². The smallest absolute Gasteiger partial charge is 0.319 e. The molecule has 112 valence electrons. The van der Waals surface area contributed by atoms with Crippen molar-refractivity contribution in [3.63, 3.8) is 0 Å². The fourth-order valence-corrected chi connectivity index (χ4v) is 3.14. The minimum absolute atomic E-state index is 0.0179. The Kier molecular flexibility index (Phi) is 3.43. The van der Waals surface area contributed by atoms with Crippen LogP contribution in [0.2, 0.25) is 0 Å². The van der Waals surface area contributed by atoms with Gasteiger partial charge in [-0.2, -0.15) is 0 Å². The SMILES string of the molecule is O=C(O)C1(C(=O)NC2CCC(c3ccc(F)cc3)C2)CC1. The number of halogens is 1. The first-order valence-corrected chi connectivity index (χ1v) is 7.31. The summed E-state index contributed by atoms with van der Waals surface area (Å²) in [7, 11) is 0. The van der Waals surface area contributed by atoms with Gasteiger partial charge in [0.25, 0.3) is 0 Å². The van der Waals surface area contributed by atoms with Crippen LogP contribution in [0.15, 0.2) is 24.3 Å². The zero-order valence-corrected chi connectivity index (χ0v) is 11.6. The lowest BCUT2D eigenvalue weighted by atomic mass is 9.97. The molecule has 2 fully saturated rings. The van der Waals surface area contributed by atoms with E-state index in [2.05, 4.69) is 5.32 Å². The molecule has 2 atom stereocenters. The van der Waals surface area contributed by atoms with Gasteiger partial charge in [0.05, 0.1) is 0 Å². The molecule has 2 aliphatic rings. The molecule has 0 radical (unpaired) electrons. The van der Waals surface area contributed by atoms with E-state index in [-0.39, 0.29) is 17.8 Å². The van der Waals surface area contributed by atoms with Crippen molar-refractivity contribution in [1.82, 2.24) is 5.32 Å². The number of nitrogens with one attached hydrogen (secondary N) is 1. The Morgan fingerprint density at radius 3 is 2.43 bits per heavy atom. The first kappa shape index (κ1) is 14.0. The van der Waals surface area contributed by atoms with Gasteiger partial charge in [0, 0.05) is 6.04 Å². The number of aliphatic carboxylic acids is 1. The van der Waals surface area contributed by atoms with Crippen molar-refractivity contribution in [2.45, 2.75) is 44.1 Å². The molecule has 1 aromatic carbocycles. The third-order valence-electron chi connectivity index (χ3n) is 4.70. The summed E-state index contributed by atoms with van der Waals surface area (Å²) in [5.41, 5.74) is -0.0963. The quantitative estimate of drug-likeness (QED) is 0.837. The van der Waals surface area contributed by atoms with E-state index >= 15 is 0 Å². The number of amides is 1. The Morgan fingerprint density at radius 1 is 1.19 bits per heavy atom. The van der Waals surface area contributed by atoms with Gasteiger partial charge in [0.2, 0.25) is 5.91 Å². The fraction of sp³-hybridized carbons (Fsp3) is 0.500. The van der Waals surface area contributed by atoms with Crippen LogP contribution in [-0.4, -0.2) is 23.0 Å². The van der Waals surface area contributed by atoms with Gasteiger partial charge in [-0.25, -0.2) is 4.39 Å². The monoisotopic (exact) mass is 291 g/mol. The second-order valence-corrected chi connectivity index (χ2v) is 6.12. The Morgan fingerprint density at radius 2 is 1.86 bits per heavy atom. The lowest BCUT2D eigenvalue weighted by Crippen LogP contribution is -2.41. The van der Waals surface area contributed by atoms with E-state index in [1.165, 1.54) is 12.1 Å². The van der Waals surface area contributed by atoms with E-state index in [0.717, 1.165) is 24.8 Å². The molecule has 0 bridgehead atoms. The molecule has 0 heterocycles. The van der Waals surface area contributed by atoms with Crippen molar-refractivity contribution < 1.29 is 19.1 Å². The molecule has 1 aromatic rings. The summed E-state index contributed by atoms with van der Waals surface area (Å²) in [5.74, 6) is -1.32. The van der Waals surface area contributed by atoms with Crippen molar-refractivity contribution in [1.29, 1.82) is 0 Å². The zero-order chi connectivity index (χ0) is 15.0. The topological polar surface area (TPSA) is 66.4 Å². The molecular formula is C16H18FNO3. The average Bonchev–Trinajstić information content (AvgIpc) is 3.16. The lowest BCUT2D eigenvalue weighted by molar-refractivity contribution is -0.149. The van der Waals surface area contributed by atoms with E-state index in [9.17, 15) is 14.0 Å². The molecule has 0 aromatic heterocycles. The molecule has 5 heteroatoms. The summed E-state index contributed by atoms with van der Waals surface area (Å²) in [6.07, 6.45) is 3.41. The van der Waals surface area contributed by atoms with Crippen LogP contribution >= 0.6 is 0 Å². The van der Waals surface area contributed by atoms with Crippen LogP contribution in [0, 0.1) is 11.2 Å². The van der Waals surface area contributed by atoms with Crippen molar-refractivity contribution >= 4 is 11.9 Å². The Labute approximate surface area is 122 Å². The molecule has 0 spiro atoms. The van der Waals surface area contributed by atoms with Crippen LogP contribution in [0.4, 0.5) is 4.39 Å². The van der Waals surface area contributed by atoms with Crippen molar-refractivity contribution in [3.8, 4) is 0 Å². The number of benzene rings is 1. The number of rotatable bonds is 4. The molecule has 21 heavy (non-hydrogen) atoms. The average molecular weight is 291 g/mol. The zero-order valence-electron chi connectivity index (χ0n) is 11.6. The Balaban J connectivity index is 1.59. The van der Waals surface area contributed by atoms with Gasteiger partial charge in [-0.15, -0.1) is 0 Å². The maximum atomic E-state index is 12.9. The molecule has 2 saturated carbocycles. The fourth-order valence-electron chi connectivity index (χ4n) is 3.14. The number of carbonyl (C=O) groups is 2. The summed E-state index contributed by atoms with van der Waals surface area (Å²) < 4.78 is 12.9. The van der Waals surface area contributed by atoms with Crippen LogP contribution in [-0.2, 0) is 9.59 Å². The van der Waals surface area contributed by atoms with E-state index in [4.69, 9.17) is 5.11 Å². The molecule has 3 rings (SSSR count). The van der Waals surface area contributed by atoms with Gasteiger partial charge < -0.3 is 10.4 Å². The van der Waals surface area contributed by atoms with Gasteiger partial charge >= 0.3 is 5.97 Å². The lowest BCUT2D eigenvalue weighted by Gasteiger charge is -2.17. The largest absolute Gasteiger partial charge is 0.480 e. The van der Waals surface area contributed by atoms with Crippen molar-refractivity contribution in [3.05, 3.63) is 35.6 Å². The maximum Gasteiger partial charge on any atom is 0.319 e. The predicted octanol–water partition coefficient (Wildman–Crippen LogP) is 2.44. The molecule has 2 unspecified atom stereocenters. The highest BCUT2D eigenvalue weighted by molar-refractivity contribution is 6.04. The Bertz CT molecular complexity index is 565. The third kappa shape index (κ3) is 2.64. The minimum Gasteiger partial charge on any atom is -0.480 e. The number of hydrogen-bond acceptors (Lipinski definition) is 2. The summed E-state index contributed by atoms with van der Waals surface area (Å²) >= 11 is 0. The third-order valence-corrected chi connectivity index (χ3v) is 4.70. The van der Waals surface area contributed by atoms with E-state index in [0.29, 0.717) is 18.8 Å². The van der Waals surface area contributed by atoms with Crippen LogP contribution in [0.25, 0.3) is 0 Å². The van der Waals surface area contributed by atoms with Crippen molar-refractivity contribution in [2.24, 2.45) is 5.41 Å². The predicted molar refractivity (Wildman–Crippen MR) is 74.2 cm³/mol. The molecule has 2 aliphatic carbocycles. The van der Waals surface area contributed by atoms with E-state index in [1.54, 1.807) is 12.1 Å². The van der Waals surface area contributed by atoms with Crippen LogP contribution in [0.1, 0.15) is 43.6 Å². The van der Waals surface area contributed by atoms with Gasteiger partial charge in [-0.3, -0.25) is 9.59 Å². The van der Waals surface area contributed by atoms with Gasteiger partial charge in [0.1, 0.15) is 11.2 Å². The first-order chi connectivity index (χ1) is 10.0. The number of carboxylic acid groups (broad SMARTS) is 1. The second kappa shape index (κ2) is 5.13. The van der Waals surface area contributed by atoms with Crippen LogP contribution in [0.5, 0.6) is 0 Å². The number of carbonyl (C=O) groups excluding carboxylic acids is 1. The standard InChI is InChI=1S/C16H18FNO3/c17-12-4-1-10(2-5-12)11-3-6-13(9-11)18-14(19)16(7-8-16)15(20)21/h1-2,4-5,11,13H,3,6-9H2,(H,18,19)(H,20,21). The molecule has 2 N–H and O–H groups in total. The summed E-state index contributed by atoms with van der Waals surface area (Å²) in [6, 6.07) is 6.48. The summed E-state index contributed by atoms with van der Waals surface area (Å²) in [6.45, 7) is 0. The normalized spacial score (nSPS) is 26.3. The molecule has 4 nitrogen and oxygen atoms in total. The summed E-state index contributed by atoms with van der Waals surface area (Å²) in [4.78, 5) is 23.2. The van der Waals surface area contributed by atoms with Crippen LogP contribution < -0.4 is 5.32 Å². The molecule has 0 saturated heterocycles. The minimum atomic E-state index is -1.17. The Hall–Kier alpha value is -1.91. The van der Waals surface area contributed by atoms with Crippen LogP contribution in [0.3, 0.4) is 0 Å². The maximum absolute atomic E-state index is 12.9. The number of carboxylic acids is 1. The first-order valence-electron chi connectivity index (χ1n) is 7.31. The number of hydrogen-bond donors (Lipinski definition) is 2. The molecule has 0 aliphatic heterocycles.